The van der Waals surface area contributed by atoms with Crippen LogP contribution in [0.2, 0.25) is 0 Å². The monoisotopic (exact) mass is 312 g/mol. The fraction of sp³-hybridized carbons (Fsp3) is 0.500. The van der Waals surface area contributed by atoms with E-state index in [2.05, 4.69) is 20.0 Å². The first-order chi connectivity index (χ1) is 11.3. The van der Waals surface area contributed by atoms with E-state index in [1.807, 2.05) is 4.90 Å². The summed E-state index contributed by atoms with van der Waals surface area (Å²) in [6, 6.07) is 3.53. The molecule has 0 bridgehead atoms. The van der Waals surface area contributed by atoms with Crippen LogP contribution in [0.3, 0.4) is 0 Å². The van der Waals surface area contributed by atoms with Gasteiger partial charge in [0.25, 0.3) is 5.91 Å². The summed E-state index contributed by atoms with van der Waals surface area (Å²) in [7, 11) is 0. The Hall–Kier alpha value is -2.28. The third kappa shape index (κ3) is 3.24. The van der Waals surface area contributed by atoms with E-state index >= 15 is 0 Å². The van der Waals surface area contributed by atoms with Gasteiger partial charge in [0.15, 0.2) is 5.82 Å². The fourth-order valence-electron chi connectivity index (χ4n) is 2.98. The van der Waals surface area contributed by atoms with Gasteiger partial charge in [-0.1, -0.05) is 0 Å². The van der Waals surface area contributed by atoms with Crippen molar-refractivity contribution in [3.05, 3.63) is 36.5 Å². The van der Waals surface area contributed by atoms with Crippen LogP contribution in [0.4, 0.5) is 0 Å². The minimum Gasteiger partial charge on any atom is -0.336 e. The number of piperazine rings is 1. The molecule has 0 radical (unpaired) electrons. The molecule has 0 N–H and O–H groups in total. The first kappa shape index (κ1) is 14.3. The molecule has 1 saturated heterocycles. The van der Waals surface area contributed by atoms with Crippen molar-refractivity contribution in [2.24, 2.45) is 5.92 Å². The molecule has 7 heteroatoms. The van der Waals surface area contributed by atoms with Crippen molar-refractivity contribution in [3.63, 3.8) is 0 Å². The predicted octanol–water partition coefficient (Wildman–Crippen LogP) is 0.830. The van der Waals surface area contributed by atoms with Gasteiger partial charge in [-0.15, -0.1) is 0 Å². The van der Waals surface area contributed by atoms with Crippen molar-refractivity contribution in [1.29, 1.82) is 0 Å². The summed E-state index contributed by atoms with van der Waals surface area (Å²) in [5.74, 6) is 1.59. The van der Waals surface area contributed by atoms with E-state index < -0.39 is 0 Å². The molecule has 2 aromatic rings. The topological polar surface area (TPSA) is 67.2 Å². The average Bonchev–Trinajstić information content (AvgIpc) is 3.24. The van der Waals surface area contributed by atoms with E-state index in [0.717, 1.165) is 32.1 Å². The number of hydrogen-bond donors (Lipinski definition) is 0. The lowest BCUT2D eigenvalue weighted by Gasteiger charge is -2.34. The highest BCUT2D eigenvalue weighted by Gasteiger charge is 2.28. The molecule has 4 rings (SSSR count). The molecule has 23 heavy (non-hydrogen) atoms. The minimum absolute atomic E-state index is 0.0693. The molecule has 0 atom stereocenters. The van der Waals surface area contributed by atoms with Crippen LogP contribution in [0.25, 0.3) is 5.82 Å². The van der Waals surface area contributed by atoms with Gasteiger partial charge in [-0.25, -0.2) is 14.6 Å². The Labute approximate surface area is 134 Å². The number of nitrogens with zero attached hydrogens (tertiary/aromatic N) is 6. The lowest BCUT2D eigenvalue weighted by molar-refractivity contribution is 0.0632. The van der Waals surface area contributed by atoms with Crippen LogP contribution in [-0.2, 0) is 0 Å². The summed E-state index contributed by atoms with van der Waals surface area (Å²) in [6.07, 6.45) is 7.43. The van der Waals surface area contributed by atoms with Gasteiger partial charge in [0.05, 0.1) is 0 Å². The van der Waals surface area contributed by atoms with Gasteiger partial charge in [0.2, 0.25) is 0 Å². The number of hydrogen-bond acceptors (Lipinski definition) is 5. The fourth-order valence-corrected chi connectivity index (χ4v) is 2.98. The maximum atomic E-state index is 12.7. The van der Waals surface area contributed by atoms with Crippen molar-refractivity contribution >= 4 is 5.91 Å². The van der Waals surface area contributed by atoms with Crippen LogP contribution in [0.15, 0.2) is 31.0 Å². The molecule has 2 aromatic heterocycles. The normalized spacial score (nSPS) is 19.0. The van der Waals surface area contributed by atoms with Crippen molar-refractivity contribution in [1.82, 2.24) is 29.5 Å². The number of rotatable bonds is 4. The standard InChI is InChI=1S/C16H20N6O/c23-16(21-7-5-20(6-8-21)10-13-1-2-13)14-3-4-18-15(9-14)22-12-17-11-19-22/h3-4,9,11-13H,1-2,5-8,10H2. The number of aromatic nitrogens is 4. The Morgan fingerprint density at radius 1 is 1.22 bits per heavy atom. The summed E-state index contributed by atoms with van der Waals surface area (Å²) in [5, 5.41) is 4.05. The molecule has 0 unspecified atom stereocenters. The second-order valence-electron chi connectivity index (χ2n) is 6.28. The van der Waals surface area contributed by atoms with Gasteiger partial charge in [0, 0.05) is 44.5 Å². The van der Waals surface area contributed by atoms with Gasteiger partial charge in [-0.2, -0.15) is 5.10 Å². The second kappa shape index (κ2) is 6.08. The number of amides is 1. The van der Waals surface area contributed by atoms with Crippen LogP contribution in [0, 0.1) is 5.92 Å². The Balaban J connectivity index is 1.42. The largest absolute Gasteiger partial charge is 0.336 e. The number of pyridine rings is 1. The molecular weight excluding hydrogens is 292 g/mol. The van der Waals surface area contributed by atoms with Crippen molar-refractivity contribution in [2.75, 3.05) is 32.7 Å². The molecule has 0 spiro atoms. The molecule has 1 aliphatic carbocycles. The third-order valence-corrected chi connectivity index (χ3v) is 4.52. The Morgan fingerprint density at radius 2 is 2.04 bits per heavy atom. The summed E-state index contributed by atoms with van der Waals surface area (Å²) in [6.45, 7) is 4.75. The summed E-state index contributed by atoms with van der Waals surface area (Å²) in [4.78, 5) is 25.3. The van der Waals surface area contributed by atoms with Crippen LogP contribution >= 0.6 is 0 Å². The van der Waals surface area contributed by atoms with Crippen LogP contribution < -0.4 is 0 Å². The molecule has 2 fully saturated rings. The smallest absolute Gasteiger partial charge is 0.254 e. The molecule has 120 valence electrons. The number of carbonyl (C=O) groups is 1. The average molecular weight is 312 g/mol. The van der Waals surface area contributed by atoms with Crippen LogP contribution in [0.1, 0.15) is 23.2 Å². The van der Waals surface area contributed by atoms with Crippen molar-refractivity contribution in [3.8, 4) is 5.82 Å². The molecular formula is C16H20N6O. The van der Waals surface area contributed by atoms with Gasteiger partial charge < -0.3 is 4.90 Å². The van der Waals surface area contributed by atoms with E-state index in [4.69, 9.17) is 0 Å². The molecule has 1 amide bonds. The maximum absolute atomic E-state index is 12.7. The number of carbonyl (C=O) groups excluding carboxylic acids is 1. The zero-order chi connectivity index (χ0) is 15.6. The predicted molar refractivity (Wildman–Crippen MR) is 84.2 cm³/mol. The molecule has 2 aliphatic rings. The summed E-state index contributed by atoms with van der Waals surface area (Å²) < 4.78 is 1.56. The van der Waals surface area contributed by atoms with E-state index in [1.54, 1.807) is 29.3 Å². The van der Waals surface area contributed by atoms with E-state index in [9.17, 15) is 4.79 Å². The van der Waals surface area contributed by atoms with Gasteiger partial charge in [0.1, 0.15) is 12.7 Å². The first-order valence-electron chi connectivity index (χ1n) is 8.12. The second-order valence-corrected chi connectivity index (χ2v) is 6.28. The lowest BCUT2D eigenvalue weighted by atomic mass is 10.2. The molecule has 1 aliphatic heterocycles. The van der Waals surface area contributed by atoms with Crippen LogP contribution in [0.5, 0.6) is 0 Å². The Kier molecular flexibility index (Phi) is 3.78. The maximum Gasteiger partial charge on any atom is 0.254 e. The molecule has 7 nitrogen and oxygen atoms in total. The zero-order valence-electron chi connectivity index (χ0n) is 13.0. The van der Waals surface area contributed by atoms with Gasteiger partial charge in [-0.3, -0.25) is 9.69 Å². The Bertz CT molecular complexity index is 674. The van der Waals surface area contributed by atoms with Crippen molar-refractivity contribution in [2.45, 2.75) is 12.8 Å². The van der Waals surface area contributed by atoms with Crippen LogP contribution in [-0.4, -0.2) is 68.2 Å². The lowest BCUT2D eigenvalue weighted by Crippen LogP contribution is -2.49. The molecule has 0 aromatic carbocycles. The third-order valence-electron chi connectivity index (χ3n) is 4.52. The minimum atomic E-state index is 0.0693. The first-order valence-corrected chi connectivity index (χ1v) is 8.12. The van der Waals surface area contributed by atoms with Gasteiger partial charge in [-0.05, 0) is 30.9 Å². The SMILES string of the molecule is O=C(c1ccnc(-n2cncn2)c1)N1CCN(CC2CC2)CC1. The molecule has 1 saturated carbocycles. The zero-order valence-corrected chi connectivity index (χ0v) is 13.0. The van der Waals surface area contributed by atoms with Gasteiger partial charge >= 0.3 is 0 Å². The van der Waals surface area contributed by atoms with E-state index in [0.29, 0.717) is 11.4 Å². The quantitative estimate of drug-likeness (QED) is 0.836. The summed E-state index contributed by atoms with van der Waals surface area (Å²) in [5.41, 5.74) is 0.654. The van der Waals surface area contributed by atoms with E-state index in [1.165, 1.54) is 25.7 Å². The Morgan fingerprint density at radius 3 is 2.74 bits per heavy atom. The highest BCUT2D eigenvalue weighted by Crippen LogP contribution is 2.30. The highest BCUT2D eigenvalue weighted by molar-refractivity contribution is 5.94. The molecule has 3 heterocycles. The van der Waals surface area contributed by atoms with Crippen molar-refractivity contribution < 1.29 is 4.79 Å². The summed E-state index contributed by atoms with van der Waals surface area (Å²) >= 11 is 0. The highest BCUT2D eigenvalue weighted by atomic mass is 16.2. The van der Waals surface area contributed by atoms with E-state index in [-0.39, 0.29) is 5.91 Å².